The molecule has 4 atom stereocenters. The molecule has 2 amide bonds. The van der Waals surface area contributed by atoms with Gasteiger partial charge >= 0.3 is 11.9 Å². The summed E-state index contributed by atoms with van der Waals surface area (Å²) >= 11 is 1.47. The van der Waals surface area contributed by atoms with Crippen molar-refractivity contribution in [2.45, 2.75) is 56.4 Å². The molecule has 0 bridgehead atoms. The lowest BCUT2D eigenvalue weighted by molar-refractivity contribution is -0.153. The van der Waals surface area contributed by atoms with Gasteiger partial charge < -0.3 is 24.3 Å². The quantitative estimate of drug-likeness (QED) is 0.334. The zero-order chi connectivity index (χ0) is 28.9. The van der Waals surface area contributed by atoms with Crippen LogP contribution in [0.3, 0.4) is 0 Å². The number of thioether (sulfide) groups is 1. The van der Waals surface area contributed by atoms with E-state index < -0.39 is 23.5 Å². The molecule has 3 aliphatic rings. The number of fused-ring (bicyclic) bond motifs is 1. The molecule has 2 saturated heterocycles. The number of nitrogens with zero attached hydrogens (tertiary/aromatic N) is 1. The number of benzene rings is 2. The summed E-state index contributed by atoms with van der Waals surface area (Å²) in [6.45, 7) is 1.48. The van der Waals surface area contributed by atoms with Crippen LogP contribution in [0.5, 0.6) is 5.75 Å². The van der Waals surface area contributed by atoms with E-state index in [1.54, 1.807) is 31.4 Å². The minimum absolute atomic E-state index is 0.0112. The van der Waals surface area contributed by atoms with Crippen LogP contribution in [-0.2, 0) is 46.4 Å². The molecule has 10 nitrogen and oxygen atoms in total. The number of rotatable bonds is 10. The number of β-lactam (4-membered cyclic amide) rings is 1. The SMILES string of the molecule is COc1ccc(COC(=O)C2=C(C3CCC(COC(C)=O)O3)CS[C@@H]3[C@H](NC(=O)Cc4ccccc4)C(=O)N23)cc1. The predicted molar refractivity (Wildman–Crippen MR) is 150 cm³/mol. The van der Waals surface area contributed by atoms with Gasteiger partial charge in [-0.25, -0.2) is 4.79 Å². The van der Waals surface area contributed by atoms with Crippen molar-refractivity contribution in [2.75, 3.05) is 19.5 Å². The molecule has 2 unspecified atom stereocenters. The van der Waals surface area contributed by atoms with Crippen LogP contribution >= 0.6 is 11.8 Å². The largest absolute Gasteiger partial charge is 0.497 e. The standard InChI is InChI=1S/C30H32N2O8S/c1-18(33)38-16-22-12-13-24(40-22)23-17-41-29-26(31-25(34)14-19-6-4-3-5-7-19)28(35)32(29)27(23)30(36)39-15-20-8-10-21(37-2)11-9-20/h3-11,22,24,26,29H,12-17H2,1-2H3,(H,31,34)/t22?,24?,26-,29-/m1/s1. The monoisotopic (exact) mass is 580 g/mol. The van der Waals surface area contributed by atoms with Crippen molar-refractivity contribution in [1.82, 2.24) is 10.2 Å². The number of nitrogens with one attached hydrogen (secondary N) is 1. The van der Waals surface area contributed by atoms with Crippen LogP contribution in [0.1, 0.15) is 30.9 Å². The van der Waals surface area contributed by atoms with Gasteiger partial charge in [0.2, 0.25) is 5.91 Å². The topological polar surface area (TPSA) is 120 Å². The van der Waals surface area contributed by atoms with E-state index in [9.17, 15) is 19.2 Å². The van der Waals surface area contributed by atoms with E-state index in [0.717, 1.165) is 11.1 Å². The first kappa shape index (κ1) is 28.7. The van der Waals surface area contributed by atoms with E-state index in [2.05, 4.69) is 5.32 Å². The van der Waals surface area contributed by atoms with Gasteiger partial charge in [-0.1, -0.05) is 42.5 Å². The Morgan fingerprint density at radius 1 is 1.02 bits per heavy atom. The summed E-state index contributed by atoms with van der Waals surface area (Å²) in [7, 11) is 1.57. The van der Waals surface area contributed by atoms with E-state index in [1.165, 1.54) is 23.6 Å². The molecule has 0 aliphatic carbocycles. The first-order valence-corrected chi connectivity index (χ1v) is 14.5. The molecule has 1 N–H and O–H groups in total. The van der Waals surface area contributed by atoms with Crippen LogP contribution < -0.4 is 10.1 Å². The predicted octanol–water partition coefficient (Wildman–Crippen LogP) is 2.75. The molecule has 2 aromatic carbocycles. The van der Waals surface area contributed by atoms with Crippen molar-refractivity contribution in [1.29, 1.82) is 0 Å². The highest BCUT2D eigenvalue weighted by molar-refractivity contribution is 8.00. The maximum atomic E-state index is 13.5. The third-order valence-corrected chi connectivity index (χ3v) is 8.51. The van der Waals surface area contributed by atoms with Gasteiger partial charge in [0, 0.05) is 12.7 Å². The van der Waals surface area contributed by atoms with E-state index in [-0.39, 0.29) is 49.2 Å². The van der Waals surface area contributed by atoms with E-state index in [0.29, 0.717) is 29.9 Å². The van der Waals surface area contributed by atoms with E-state index in [1.807, 2.05) is 30.3 Å². The van der Waals surface area contributed by atoms with Crippen molar-refractivity contribution < 1.29 is 38.1 Å². The van der Waals surface area contributed by atoms with Crippen molar-refractivity contribution in [2.24, 2.45) is 0 Å². The Hall–Kier alpha value is -3.83. The van der Waals surface area contributed by atoms with Crippen LogP contribution in [0.4, 0.5) is 0 Å². The first-order valence-electron chi connectivity index (χ1n) is 13.4. The van der Waals surface area contributed by atoms with Crippen LogP contribution in [0, 0.1) is 0 Å². The van der Waals surface area contributed by atoms with Gasteiger partial charge in [-0.15, -0.1) is 11.8 Å². The molecule has 0 aromatic heterocycles. The lowest BCUT2D eigenvalue weighted by Crippen LogP contribution is -2.71. The molecule has 41 heavy (non-hydrogen) atoms. The number of methoxy groups -OCH3 is 1. The third-order valence-electron chi connectivity index (χ3n) is 7.21. The number of carbonyl (C=O) groups is 4. The average Bonchev–Trinajstić information content (AvgIpc) is 3.46. The average molecular weight is 581 g/mol. The van der Waals surface area contributed by atoms with E-state index >= 15 is 0 Å². The molecular weight excluding hydrogens is 548 g/mol. The maximum absolute atomic E-state index is 13.5. The number of hydrogen-bond acceptors (Lipinski definition) is 9. The van der Waals surface area contributed by atoms with Gasteiger partial charge in [0.05, 0.1) is 25.7 Å². The molecule has 3 aliphatic heterocycles. The van der Waals surface area contributed by atoms with Crippen molar-refractivity contribution in [3.8, 4) is 5.75 Å². The molecule has 0 spiro atoms. The highest BCUT2D eigenvalue weighted by atomic mass is 32.2. The second-order valence-corrected chi connectivity index (χ2v) is 11.1. The fourth-order valence-corrected chi connectivity index (χ4v) is 6.53. The van der Waals surface area contributed by atoms with Crippen LogP contribution in [0.25, 0.3) is 0 Å². The molecule has 2 fully saturated rings. The number of hydrogen-bond donors (Lipinski definition) is 1. The lowest BCUT2D eigenvalue weighted by atomic mass is 9.98. The van der Waals surface area contributed by atoms with Crippen LogP contribution in [-0.4, -0.2) is 71.7 Å². The van der Waals surface area contributed by atoms with Gasteiger partial charge in [-0.05, 0) is 41.7 Å². The van der Waals surface area contributed by atoms with Gasteiger partial charge in [-0.3, -0.25) is 19.3 Å². The minimum atomic E-state index is -0.747. The summed E-state index contributed by atoms with van der Waals surface area (Å²) in [5, 5.41) is 2.41. The first-order chi connectivity index (χ1) is 19.8. The molecule has 11 heteroatoms. The summed E-state index contributed by atoms with van der Waals surface area (Å²) in [5.41, 5.74) is 2.44. The molecule has 0 saturated carbocycles. The Bertz CT molecular complexity index is 1330. The van der Waals surface area contributed by atoms with Gasteiger partial charge in [0.15, 0.2) is 0 Å². The number of amides is 2. The molecule has 216 valence electrons. The zero-order valence-electron chi connectivity index (χ0n) is 22.9. The Morgan fingerprint density at radius 2 is 1.78 bits per heavy atom. The summed E-state index contributed by atoms with van der Waals surface area (Å²) in [6, 6.07) is 15.7. The summed E-state index contributed by atoms with van der Waals surface area (Å²) in [5.74, 6) is -0.535. The smallest absolute Gasteiger partial charge is 0.355 e. The summed E-state index contributed by atoms with van der Waals surface area (Å²) < 4.78 is 22.1. The highest BCUT2D eigenvalue weighted by Crippen LogP contribution is 2.43. The fraction of sp³-hybridized carbons (Fsp3) is 0.400. The van der Waals surface area contributed by atoms with Gasteiger partial charge in [-0.2, -0.15) is 0 Å². The van der Waals surface area contributed by atoms with E-state index in [4.69, 9.17) is 18.9 Å². The maximum Gasteiger partial charge on any atom is 0.355 e. The Balaban J connectivity index is 1.32. The minimum Gasteiger partial charge on any atom is -0.497 e. The Morgan fingerprint density at radius 3 is 2.49 bits per heavy atom. The fourth-order valence-electron chi connectivity index (χ4n) is 5.12. The molecule has 3 heterocycles. The summed E-state index contributed by atoms with van der Waals surface area (Å²) in [6.07, 6.45) is 0.691. The highest BCUT2D eigenvalue weighted by Gasteiger charge is 2.55. The summed E-state index contributed by atoms with van der Waals surface area (Å²) in [4.78, 5) is 52.3. The number of esters is 2. The lowest BCUT2D eigenvalue weighted by Gasteiger charge is -2.50. The number of ether oxygens (including phenoxy) is 4. The second kappa shape index (κ2) is 12.8. The Labute approximate surface area is 242 Å². The Kier molecular flexibility index (Phi) is 8.94. The van der Waals surface area contributed by atoms with Crippen LogP contribution in [0.2, 0.25) is 0 Å². The molecule has 2 aromatic rings. The normalized spacial score (nSPS) is 23.4. The van der Waals surface area contributed by atoms with Gasteiger partial charge in [0.1, 0.15) is 36.1 Å². The van der Waals surface area contributed by atoms with Gasteiger partial charge in [0.25, 0.3) is 5.91 Å². The van der Waals surface area contributed by atoms with Crippen molar-refractivity contribution >= 4 is 35.5 Å². The second-order valence-electron chi connectivity index (χ2n) is 10.0. The van der Waals surface area contributed by atoms with Crippen LogP contribution in [0.15, 0.2) is 65.9 Å². The molecular formula is C30H32N2O8S. The number of carbonyl (C=O) groups excluding carboxylic acids is 4. The zero-order valence-corrected chi connectivity index (χ0v) is 23.7. The molecule has 5 rings (SSSR count). The van der Waals surface area contributed by atoms with Crippen molar-refractivity contribution in [3.05, 3.63) is 77.0 Å². The molecule has 0 radical (unpaired) electrons. The third kappa shape index (κ3) is 6.57. The van der Waals surface area contributed by atoms with Crippen molar-refractivity contribution in [3.63, 3.8) is 0 Å².